The van der Waals surface area contributed by atoms with Crippen LogP contribution in [0.15, 0.2) is 12.2 Å². The number of nitrogens with one attached hydrogen (secondary N) is 1. The highest BCUT2D eigenvalue weighted by Crippen LogP contribution is 2.65. The average molecular weight is 261 g/mol. The van der Waals surface area contributed by atoms with Gasteiger partial charge in [-0.25, -0.2) is 0 Å². The Labute approximate surface area is 117 Å². The van der Waals surface area contributed by atoms with Gasteiger partial charge in [-0.2, -0.15) is 0 Å². The third-order valence-corrected chi connectivity index (χ3v) is 6.69. The Morgan fingerprint density at radius 1 is 1.32 bits per heavy atom. The summed E-state index contributed by atoms with van der Waals surface area (Å²) in [5, 5.41) is 3.36. The van der Waals surface area contributed by atoms with Crippen LogP contribution in [0.4, 0.5) is 0 Å². The van der Waals surface area contributed by atoms with E-state index in [9.17, 15) is 4.79 Å². The highest BCUT2D eigenvalue weighted by molar-refractivity contribution is 5.77. The van der Waals surface area contributed by atoms with Crippen molar-refractivity contribution in [3.63, 3.8) is 0 Å². The summed E-state index contributed by atoms with van der Waals surface area (Å²) in [6.45, 7) is 7.19. The molecular weight excluding hydrogens is 234 g/mol. The van der Waals surface area contributed by atoms with Crippen molar-refractivity contribution in [2.24, 2.45) is 22.7 Å². The molecule has 0 aromatic carbocycles. The van der Waals surface area contributed by atoms with Gasteiger partial charge in [-0.15, -0.1) is 0 Å². The average Bonchev–Trinajstić information content (AvgIpc) is 2.95. The van der Waals surface area contributed by atoms with Gasteiger partial charge in [0.15, 0.2) is 0 Å². The summed E-state index contributed by atoms with van der Waals surface area (Å²) in [6, 6.07) is 0.402. The van der Waals surface area contributed by atoms with Gasteiger partial charge >= 0.3 is 0 Å². The molecule has 0 radical (unpaired) electrons. The van der Waals surface area contributed by atoms with Crippen LogP contribution in [-0.2, 0) is 4.79 Å². The van der Waals surface area contributed by atoms with E-state index < -0.39 is 0 Å². The molecule has 0 saturated heterocycles. The number of hydrogen-bond acceptors (Lipinski definition) is 1. The van der Waals surface area contributed by atoms with Crippen LogP contribution >= 0.6 is 0 Å². The van der Waals surface area contributed by atoms with Crippen molar-refractivity contribution in [1.82, 2.24) is 5.32 Å². The fourth-order valence-electron chi connectivity index (χ4n) is 4.78. The van der Waals surface area contributed by atoms with E-state index in [1.807, 2.05) is 0 Å². The SMILES string of the molecule is CC1(C)C2CCC1(C)C(NC(=O)CC1C=CCC1)C2. The van der Waals surface area contributed by atoms with Gasteiger partial charge < -0.3 is 5.32 Å². The minimum Gasteiger partial charge on any atom is -0.353 e. The minimum atomic E-state index is 0.270. The zero-order chi connectivity index (χ0) is 13.7. The van der Waals surface area contributed by atoms with E-state index >= 15 is 0 Å². The van der Waals surface area contributed by atoms with Gasteiger partial charge in [0.2, 0.25) is 5.91 Å². The van der Waals surface area contributed by atoms with Gasteiger partial charge in [0, 0.05) is 12.5 Å². The molecule has 3 aliphatic rings. The van der Waals surface area contributed by atoms with Crippen LogP contribution in [0.3, 0.4) is 0 Å². The Morgan fingerprint density at radius 2 is 2.11 bits per heavy atom. The van der Waals surface area contributed by atoms with Crippen LogP contribution in [0.5, 0.6) is 0 Å². The molecule has 2 nitrogen and oxygen atoms in total. The Hall–Kier alpha value is -0.790. The van der Waals surface area contributed by atoms with E-state index in [-0.39, 0.29) is 5.91 Å². The Bertz CT molecular complexity index is 411. The first kappa shape index (κ1) is 13.2. The zero-order valence-electron chi connectivity index (χ0n) is 12.5. The molecule has 2 fully saturated rings. The Balaban J connectivity index is 1.62. The number of carbonyl (C=O) groups is 1. The van der Waals surface area contributed by atoms with Crippen molar-refractivity contribution in [3.05, 3.63) is 12.2 Å². The largest absolute Gasteiger partial charge is 0.353 e. The van der Waals surface area contributed by atoms with Crippen molar-refractivity contribution >= 4 is 5.91 Å². The van der Waals surface area contributed by atoms with Crippen molar-refractivity contribution in [3.8, 4) is 0 Å². The summed E-state index contributed by atoms with van der Waals surface area (Å²) in [4.78, 5) is 12.2. The molecule has 0 aromatic rings. The first-order valence-corrected chi connectivity index (χ1v) is 7.89. The Kier molecular flexibility index (Phi) is 3.03. The monoisotopic (exact) mass is 261 g/mol. The fraction of sp³-hybridized carbons (Fsp3) is 0.824. The number of allylic oxidation sites excluding steroid dienone is 2. The maximum Gasteiger partial charge on any atom is 0.220 e. The van der Waals surface area contributed by atoms with Crippen molar-refractivity contribution in [2.75, 3.05) is 0 Å². The molecule has 3 aliphatic carbocycles. The van der Waals surface area contributed by atoms with Crippen molar-refractivity contribution < 1.29 is 4.79 Å². The number of rotatable bonds is 3. The van der Waals surface area contributed by atoms with E-state index in [1.165, 1.54) is 19.3 Å². The highest BCUT2D eigenvalue weighted by atomic mass is 16.1. The lowest BCUT2D eigenvalue weighted by molar-refractivity contribution is -0.123. The second-order valence-corrected chi connectivity index (χ2v) is 7.70. The number of fused-ring (bicyclic) bond motifs is 2. The van der Waals surface area contributed by atoms with E-state index in [4.69, 9.17) is 0 Å². The molecule has 4 unspecified atom stereocenters. The lowest BCUT2D eigenvalue weighted by atomic mass is 9.69. The quantitative estimate of drug-likeness (QED) is 0.772. The lowest BCUT2D eigenvalue weighted by Crippen LogP contribution is -2.47. The summed E-state index contributed by atoms with van der Waals surface area (Å²) in [6.07, 6.45) is 11.2. The predicted molar refractivity (Wildman–Crippen MR) is 77.6 cm³/mol. The van der Waals surface area contributed by atoms with Crippen LogP contribution in [0.2, 0.25) is 0 Å². The molecule has 106 valence electrons. The Morgan fingerprint density at radius 3 is 2.63 bits per heavy atom. The zero-order valence-corrected chi connectivity index (χ0v) is 12.5. The van der Waals surface area contributed by atoms with Gasteiger partial charge in [0.1, 0.15) is 0 Å². The molecule has 1 amide bonds. The first-order chi connectivity index (χ1) is 8.93. The van der Waals surface area contributed by atoms with Crippen LogP contribution in [-0.4, -0.2) is 11.9 Å². The summed E-state index contributed by atoms with van der Waals surface area (Å²) in [5.74, 6) is 1.56. The van der Waals surface area contributed by atoms with E-state index in [2.05, 4.69) is 38.2 Å². The summed E-state index contributed by atoms with van der Waals surface area (Å²) in [5.41, 5.74) is 0.692. The van der Waals surface area contributed by atoms with Gasteiger partial charge in [-0.1, -0.05) is 32.9 Å². The second kappa shape index (κ2) is 4.36. The smallest absolute Gasteiger partial charge is 0.220 e. The number of amides is 1. The molecule has 2 saturated carbocycles. The standard InChI is InChI=1S/C17H27NO/c1-16(2)13-8-9-17(16,3)14(11-13)18-15(19)10-12-6-4-5-7-12/h4,6,12-14H,5,7-11H2,1-3H3,(H,18,19). The van der Waals surface area contributed by atoms with E-state index in [0.717, 1.165) is 18.8 Å². The van der Waals surface area contributed by atoms with Gasteiger partial charge in [0.25, 0.3) is 0 Å². The van der Waals surface area contributed by atoms with Gasteiger partial charge in [-0.05, 0) is 54.8 Å². The summed E-state index contributed by atoms with van der Waals surface area (Å²) >= 11 is 0. The van der Waals surface area contributed by atoms with Crippen molar-refractivity contribution in [1.29, 1.82) is 0 Å². The lowest BCUT2D eigenvalue weighted by Gasteiger charge is -2.39. The molecule has 2 heteroatoms. The maximum absolute atomic E-state index is 12.2. The maximum atomic E-state index is 12.2. The normalized spacial score (nSPS) is 42.8. The fourth-order valence-corrected chi connectivity index (χ4v) is 4.78. The molecule has 19 heavy (non-hydrogen) atoms. The highest BCUT2D eigenvalue weighted by Gasteiger charge is 2.61. The summed E-state index contributed by atoms with van der Waals surface area (Å²) < 4.78 is 0. The van der Waals surface area contributed by atoms with Crippen LogP contribution in [0.1, 0.15) is 59.3 Å². The third kappa shape index (κ3) is 1.95. The third-order valence-electron chi connectivity index (χ3n) is 6.69. The topological polar surface area (TPSA) is 29.1 Å². The molecular formula is C17H27NO. The molecule has 2 bridgehead atoms. The van der Waals surface area contributed by atoms with E-state index in [1.54, 1.807) is 0 Å². The van der Waals surface area contributed by atoms with Crippen LogP contribution in [0.25, 0.3) is 0 Å². The predicted octanol–water partition coefficient (Wildman–Crippen LogP) is 3.67. The van der Waals surface area contributed by atoms with Gasteiger partial charge in [-0.3, -0.25) is 4.79 Å². The summed E-state index contributed by atoms with van der Waals surface area (Å²) in [7, 11) is 0. The number of carbonyl (C=O) groups excluding carboxylic acids is 1. The molecule has 0 aliphatic heterocycles. The molecule has 1 N–H and O–H groups in total. The second-order valence-electron chi connectivity index (χ2n) is 7.70. The van der Waals surface area contributed by atoms with E-state index in [0.29, 0.717) is 29.2 Å². The molecule has 0 heterocycles. The van der Waals surface area contributed by atoms with Crippen molar-refractivity contribution in [2.45, 2.75) is 65.3 Å². The first-order valence-electron chi connectivity index (χ1n) is 7.89. The minimum absolute atomic E-state index is 0.270. The molecule has 4 atom stereocenters. The molecule has 0 aromatic heterocycles. The van der Waals surface area contributed by atoms with Crippen LogP contribution in [0, 0.1) is 22.7 Å². The molecule has 3 rings (SSSR count). The van der Waals surface area contributed by atoms with Gasteiger partial charge in [0.05, 0.1) is 0 Å². The molecule has 0 spiro atoms. The van der Waals surface area contributed by atoms with Crippen LogP contribution < -0.4 is 5.32 Å². The number of hydrogen-bond donors (Lipinski definition) is 1.